The van der Waals surface area contributed by atoms with Crippen LogP contribution in [0.3, 0.4) is 0 Å². The lowest BCUT2D eigenvalue weighted by Gasteiger charge is -2.29. The fraction of sp³-hybridized carbons (Fsp3) is 0.273. The van der Waals surface area contributed by atoms with E-state index in [4.69, 9.17) is 4.74 Å². The Morgan fingerprint density at radius 3 is 2.29 bits per heavy atom. The van der Waals surface area contributed by atoms with Crippen molar-refractivity contribution in [2.24, 2.45) is 0 Å². The molecule has 0 heterocycles. The Kier molecular flexibility index (Phi) is 7.44. The first-order valence-electron chi connectivity index (χ1n) is 12.7. The molecule has 4 rings (SSSR count). The third-order valence-corrected chi connectivity index (χ3v) is 7.90. The molecule has 0 amide bonds. The summed E-state index contributed by atoms with van der Waals surface area (Å²) in [5, 5.41) is 0. The number of hydrogen-bond acceptors (Lipinski definition) is 3. The van der Waals surface area contributed by atoms with E-state index in [1.165, 1.54) is 29.8 Å². The van der Waals surface area contributed by atoms with E-state index < -0.39 is 17.4 Å². The molecule has 1 aliphatic carbocycles. The van der Waals surface area contributed by atoms with Gasteiger partial charge in [0.15, 0.2) is 5.78 Å². The minimum absolute atomic E-state index is 0.0840. The van der Waals surface area contributed by atoms with E-state index in [-0.39, 0.29) is 27.9 Å². The summed E-state index contributed by atoms with van der Waals surface area (Å²) in [6.45, 7) is 11.8. The molecule has 3 radical (unpaired) electrons. The first-order valence-corrected chi connectivity index (χ1v) is 13.3. The molecule has 0 bridgehead atoms. The topological polar surface area (TPSA) is 43.4 Å². The molecular formula is C33H32FO3Si. The van der Waals surface area contributed by atoms with Crippen molar-refractivity contribution in [3.63, 3.8) is 0 Å². The van der Waals surface area contributed by atoms with Crippen molar-refractivity contribution < 1.29 is 18.7 Å². The van der Waals surface area contributed by atoms with Crippen LogP contribution in [0.2, 0.25) is 5.54 Å². The standard InChI is InChI=1S/C33H32FO3Si/c1-20-7-9-22(10-8-20)27-19-32(3,4)28-17-24(13-15-26(27)28)30(35)16-14-23-11-12-25(18-29(23)34)31(36)37-33(5,6)21(2)38/h7-19,21H,1-6H3. The second-order valence-electron chi connectivity index (χ2n) is 11.1. The van der Waals surface area contributed by atoms with Gasteiger partial charge in [-0.1, -0.05) is 74.9 Å². The van der Waals surface area contributed by atoms with Gasteiger partial charge in [0.05, 0.1) is 5.56 Å². The maximum absolute atomic E-state index is 14.8. The van der Waals surface area contributed by atoms with Crippen LogP contribution in [0.1, 0.15) is 83.2 Å². The molecule has 0 fully saturated rings. The number of rotatable bonds is 7. The Morgan fingerprint density at radius 2 is 1.66 bits per heavy atom. The van der Waals surface area contributed by atoms with E-state index in [0.29, 0.717) is 5.56 Å². The summed E-state index contributed by atoms with van der Waals surface area (Å²) in [6.07, 6.45) is 5.04. The van der Waals surface area contributed by atoms with Gasteiger partial charge in [-0.15, -0.1) is 0 Å². The van der Waals surface area contributed by atoms with E-state index in [2.05, 4.69) is 61.4 Å². The first-order chi connectivity index (χ1) is 17.8. The normalized spacial score (nSPS) is 15.2. The summed E-state index contributed by atoms with van der Waals surface area (Å²) < 4.78 is 20.3. The summed E-state index contributed by atoms with van der Waals surface area (Å²) in [5.41, 5.74) is 5.52. The Hall–Kier alpha value is -3.57. The average Bonchev–Trinajstić information content (AvgIpc) is 3.13. The molecule has 1 aliphatic rings. The fourth-order valence-electron chi connectivity index (χ4n) is 4.39. The van der Waals surface area contributed by atoms with E-state index >= 15 is 0 Å². The SMILES string of the molecule is Cc1ccc(C2=CC(C)(C)c3cc(C(=O)C=Cc4ccc(C(=O)OC(C)(C)C(C)[Si])cc4F)ccc32)cc1. The number of hydrogen-bond donors (Lipinski definition) is 0. The molecule has 0 aromatic heterocycles. The highest BCUT2D eigenvalue weighted by atomic mass is 28.1. The zero-order valence-electron chi connectivity index (χ0n) is 22.7. The van der Waals surface area contributed by atoms with Crippen molar-refractivity contribution in [1.29, 1.82) is 0 Å². The van der Waals surface area contributed by atoms with Crippen molar-refractivity contribution in [3.05, 3.63) is 118 Å². The maximum atomic E-state index is 14.8. The van der Waals surface area contributed by atoms with E-state index in [9.17, 15) is 14.0 Å². The number of carbonyl (C=O) groups is 2. The quantitative estimate of drug-likeness (QED) is 0.138. The molecule has 0 spiro atoms. The summed E-state index contributed by atoms with van der Waals surface area (Å²) in [4.78, 5) is 25.5. The van der Waals surface area contributed by atoms with Crippen molar-refractivity contribution in [2.45, 2.75) is 58.1 Å². The largest absolute Gasteiger partial charge is 0.456 e. The number of ether oxygens (including phenoxy) is 1. The third-order valence-electron chi connectivity index (χ3n) is 7.21. The second-order valence-corrected chi connectivity index (χ2v) is 11.9. The summed E-state index contributed by atoms with van der Waals surface area (Å²) >= 11 is 0. The lowest BCUT2D eigenvalue weighted by molar-refractivity contribution is -0.00207. The van der Waals surface area contributed by atoms with Gasteiger partial charge in [0.25, 0.3) is 0 Å². The Bertz CT molecular complexity index is 1460. The van der Waals surface area contributed by atoms with Crippen molar-refractivity contribution in [1.82, 2.24) is 0 Å². The molecule has 0 N–H and O–H groups in total. The van der Waals surface area contributed by atoms with Gasteiger partial charge in [0.1, 0.15) is 11.4 Å². The molecule has 1 unspecified atom stereocenters. The van der Waals surface area contributed by atoms with Gasteiger partial charge in [-0.05, 0) is 78.9 Å². The van der Waals surface area contributed by atoms with E-state index in [1.54, 1.807) is 13.8 Å². The average molecular weight is 524 g/mol. The van der Waals surface area contributed by atoms with Crippen molar-refractivity contribution in [2.75, 3.05) is 0 Å². The van der Waals surface area contributed by atoms with E-state index in [1.807, 2.05) is 25.1 Å². The Balaban J connectivity index is 1.53. The van der Waals surface area contributed by atoms with Gasteiger partial charge in [-0.3, -0.25) is 4.79 Å². The lowest BCUT2D eigenvalue weighted by atomic mass is 9.85. The second kappa shape index (κ2) is 10.3. The Labute approximate surface area is 227 Å². The van der Waals surface area contributed by atoms with E-state index in [0.717, 1.165) is 28.3 Å². The van der Waals surface area contributed by atoms with Crippen LogP contribution in [0.5, 0.6) is 0 Å². The summed E-state index contributed by atoms with van der Waals surface area (Å²) in [7, 11) is 3.47. The molecule has 3 nitrogen and oxygen atoms in total. The molecule has 3 aromatic rings. The number of carbonyl (C=O) groups excluding carboxylic acids is 2. The molecule has 38 heavy (non-hydrogen) atoms. The molecule has 0 saturated heterocycles. The smallest absolute Gasteiger partial charge is 0.338 e. The van der Waals surface area contributed by atoms with Gasteiger partial charge < -0.3 is 4.74 Å². The number of ketones is 1. The third kappa shape index (κ3) is 5.63. The lowest BCUT2D eigenvalue weighted by Crippen LogP contribution is -2.32. The van der Waals surface area contributed by atoms with Crippen LogP contribution in [0.4, 0.5) is 4.39 Å². The molecule has 3 aromatic carbocycles. The van der Waals surface area contributed by atoms with Crippen molar-refractivity contribution >= 4 is 33.6 Å². The number of aryl methyl sites for hydroxylation is 1. The molecular weight excluding hydrogens is 491 g/mol. The predicted octanol–water partition coefficient (Wildman–Crippen LogP) is 7.67. The highest BCUT2D eigenvalue weighted by molar-refractivity contribution is 6.12. The van der Waals surface area contributed by atoms with Crippen LogP contribution in [0.25, 0.3) is 11.6 Å². The summed E-state index contributed by atoms with van der Waals surface area (Å²) in [5.74, 6) is -1.43. The molecule has 1 atom stereocenters. The van der Waals surface area contributed by atoms with Gasteiger partial charge in [-0.25, -0.2) is 9.18 Å². The van der Waals surface area contributed by atoms with Gasteiger partial charge in [-0.2, -0.15) is 0 Å². The zero-order valence-corrected chi connectivity index (χ0v) is 23.7. The van der Waals surface area contributed by atoms with Gasteiger partial charge >= 0.3 is 5.97 Å². The molecule has 193 valence electrons. The van der Waals surface area contributed by atoms with Crippen LogP contribution < -0.4 is 0 Å². The van der Waals surface area contributed by atoms with Crippen molar-refractivity contribution in [3.8, 4) is 0 Å². The van der Waals surface area contributed by atoms with Gasteiger partial charge in [0, 0.05) is 26.8 Å². The minimum atomic E-state index is -0.754. The van der Waals surface area contributed by atoms with Crippen LogP contribution in [0, 0.1) is 12.7 Å². The molecule has 5 heteroatoms. The molecule has 0 saturated carbocycles. The highest BCUT2D eigenvalue weighted by Gasteiger charge is 2.31. The van der Waals surface area contributed by atoms with Crippen LogP contribution >= 0.6 is 0 Å². The van der Waals surface area contributed by atoms with Crippen LogP contribution in [-0.2, 0) is 10.2 Å². The summed E-state index contributed by atoms with van der Waals surface area (Å²) in [6, 6.07) is 18.3. The first kappa shape index (κ1) is 27.5. The monoisotopic (exact) mass is 523 g/mol. The number of esters is 1. The molecule has 0 aliphatic heterocycles. The number of benzene rings is 3. The maximum Gasteiger partial charge on any atom is 0.338 e. The number of fused-ring (bicyclic) bond motifs is 1. The Morgan fingerprint density at radius 1 is 1.00 bits per heavy atom. The van der Waals surface area contributed by atoms with Crippen LogP contribution in [0.15, 0.2) is 72.8 Å². The number of allylic oxidation sites excluding steroid dienone is 2. The minimum Gasteiger partial charge on any atom is -0.456 e. The zero-order chi connectivity index (χ0) is 27.8. The highest BCUT2D eigenvalue weighted by Crippen LogP contribution is 2.43. The number of halogens is 1. The van der Waals surface area contributed by atoms with Crippen LogP contribution in [-0.4, -0.2) is 27.6 Å². The predicted molar refractivity (Wildman–Crippen MR) is 152 cm³/mol. The van der Waals surface area contributed by atoms with Gasteiger partial charge in [0.2, 0.25) is 0 Å². The fourth-order valence-corrected chi connectivity index (χ4v) is 4.45.